The summed E-state index contributed by atoms with van der Waals surface area (Å²) in [5.41, 5.74) is -0.164. The number of pyridine rings is 1. The van der Waals surface area contributed by atoms with Crippen molar-refractivity contribution in [3.8, 4) is 0 Å². The average Bonchev–Trinajstić information content (AvgIpc) is 2.41. The summed E-state index contributed by atoms with van der Waals surface area (Å²) in [6.45, 7) is -0.299. The van der Waals surface area contributed by atoms with Crippen LogP contribution in [0.1, 0.15) is 0 Å². The highest BCUT2D eigenvalue weighted by atomic mass is 79.9. The second-order valence-electron chi connectivity index (χ2n) is 4.17. The molecule has 1 heterocycles. The van der Waals surface area contributed by atoms with E-state index in [1.807, 2.05) is 0 Å². The molecule has 0 fully saturated rings. The normalized spacial score (nSPS) is 10.1. The summed E-state index contributed by atoms with van der Waals surface area (Å²) in [7, 11) is 0. The minimum absolute atomic E-state index is 0.246. The van der Waals surface area contributed by atoms with Crippen molar-refractivity contribution in [1.82, 2.24) is 4.57 Å². The molecule has 108 valence electrons. The van der Waals surface area contributed by atoms with Gasteiger partial charge in [0.2, 0.25) is 5.91 Å². The Balaban J connectivity index is 2.14. The van der Waals surface area contributed by atoms with E-state index in [9.17, 15) is 19.7 Å². The number of nitrogens with one attached hydrogen (secondary N) is 1. The van der Waals surface area contributed by atoms with Gasteiger partial charge in [-0.15, -0.1) is 0 Å². The van der Waals surface area contributed by atoms with E-state index in [-0.39, 0.29) is 12.2 Å². The monoisotopic (exact) mass is 351 g/mol. The number of nitro groups is 1. The molecule has 7 nitrogen and oxygen atoms in total. The Kier molecular flexibility index (Phi) is 4.49. The second-order valence-corrected chi connectivity index (χ2v) is 5.08. The molecular weight excluding hydrogens is 342 g/mol. The number of benzene rings is 1. The number of halogens is 1. The van der Waals surface area contributed by atoms with Crippen molar-refractivity contribution < 1.29 is 9.72 Å². The lowest BCUT2D eigenvalue weighted by Gasteiger charge is -2.07. The largest absolute Gasteiger partial charge is 0.324 e. The van der Waals surface area contributed by atoms with E-state index in [1.165, 1.54) is 0 Å². The molecule has 0 atom stereocenters. The molecule has 1 amide bonds. The van der Waals surface area contributed by atoms with Gasteiger partial charge in [0.1, 0.15) is 6.54 Å². The van der Waals surface area contributed by atoms with Crippen molar-refractivity contribution in [3.05, 3.63) is 67.5 Å². The van der Waals surface area contributed by atoms with E-state index < -0.39 is 16.4 Å². The quantitative estimate of drug-likeness (QED) is 0.674. The first-order chi connectivity index (χ1) is 9.95. The smallest absolute Gasteiger partial charge is 0.285 e. The van der Waals surface area contributed by atoms with Crippen LogP contribution in [0, 0.1) is 10.1 Å². The summed E-state index contributed by atoms with van der Waals surface area (Å²) in [5, 5.41) is 13.3. The summed E-state index contributed by atoms with van der Waals surface area (Å²) >= 11 is 3.27. The minimum Gasteiger partial charge on any atom is -0.324 e. The third-order valence-electron chi connectivity index (χ3n) is 2.60. The lowest BCUT2D eigenvalue weighted by Crippen LogP contribution is -2.26. The molecule has 0 saturated carbocycles. The Bertz CT molecular complexity index is 757. The van der Waals surface area contributed by atoms with Crippen LogP contribution in [-0.2, 0) is 11.3 Å². The van der Waals surface area contributed by atoms with Gasteiger partial charge in [0.25, 0.3) is 11.2 Å². The van der Waals surface area contributed by atoms with E-state index >= 15 is 0 Å². The van der Waals surface area contributed by atoms with Gasteiger partial charge in [-0.05, 0) is 18.2 Å². The molecule has 21 heavy (non-hydrogen) atoms. The maximum absolute atomic E-state index is 11.9. The summed E-state index contributed by atoms with van der Waals surface area (Å²) < 4.78 is 1.79. The molecule has 2 aromatic rings. The van der Waals surface area contributed by atoms with Gasteiger partial charge in [0, 0.05) is 22.3 Å². The number of anilines is 1. The summed E-state index contributed by atoms with van der Waals surface area (Å²) in [6.07, 6.45) is 1.04. The van der Waals surface area contributed by atoms with Crippen molar-refractivity contribution in [2.45, 2.75) is 6.54 Å². The van der Waals surface area contributed by atoms with E-state index in [2.05, 4.69) is 21.2 Å². The number of nitrogens with zero attached hydrogens (tertiary/aromatic N) is 2. The Hall–Kier alpha value is -2.48. The van der Waals surface area contributed by atoms with Crippen molar-refractivity contribution in [2.75, 3.05) is 5.32 Å². The van der Waals surface area contributed by atoms with Gasteiger partial charge >= 0.3 is 0 Å². The number of carbonyl (C=O) groups excluding carboxylic acids is 1. The number of hydrogen-bond acceptors (Lipinski definition) is 4. The second kappa shape index (κ2) is 6.31. The molecule has 0 bridgehead atoms. The zero-order chi connectivity index (χ0) is 15.4. The Morgan fingerprint density at radius 2 is 2.10 bits per heavy atom. The van der Waals surface area contributed by atoms with Crippen LogP contribution >= 0.6 is 15.9 Å². The van der Waals surface area contributed by atoms with Gasteiger partial charge in [-0.1, -0.05) is 22.0 Å². The SMILES string of the molecule is O=C(Cn1cc([N+](=O)[O-])ccc1=O)Nc1cccc(Br)c1. The number of hydrogen-bond donors (Lipinski definition) is 1. The predicted molar refractivity (Wildman–Crippen MR) is 80.1 cm³/mol. The molecule has 0 aliphatic heterocycles. The van der Waals surface area contributed by atoms with Crippen LogP contribution in [0.4, 0.5) is 11.4 Å². The fraction of sp³-hybridized carbons (Fsp3) is 0.0769. The third-order valence-corrected chi connectivity index (χ3v) is 3.09. The first-order valence-electron chi connectivity index (χ1n) is 5.86. The van der Waals surface area contributed by atoms with E-state index in [0.717, 1.165) is 27.4 Å². The Morgan fingerprint density at radius 1 is 1.33 bits per heavy atom. The van der Waals surface area contributed by atoms with E-state index in [1.54, 1.807) is 24.3 Å². The van der Waals surface area contributed by atoms with Crippen LogP contribution in [0.25, 0.3) is 0 Å². The molecular formula is C13H10BrN3O4. The standard InChI is InChI=1S/C13H10BrN3O4/c14-9-2-1-3-10(6-9)15-12(18)8-16-7-11(17(20)21)4-5-13(16)19/h1-7H,8H2,(H,15,18). The van der Waals surface area contributed by atoms with Gasteiger partial charge in [0.05, 0.1) is 11.1 Å². The molecule has 0 aliphatic carbocycles. The van der Waals surface area contributed by atoms with E-state index in [0.29, 0.717) is 5.69 Å². The summed E-state index contributed by atoms with van der Waals surface area (Å²) in [4.78, 5) is 33.5. The highest BCUT2D eigenvalue weighted by Gasteiger charge is 2.10. The van der Waals surface area contributed by atoms with Crippen LogP contribution < -0.4 is 10.9 Å². The molecule has 0 aliphatic rings. The number of rotatable bonds is 4. The summed E-state index contributed by atoms with van der Waals surface area (Å²) in [6, 6.07) is 9.11. The minimum atomic E-state index is -0.623. The van der Waals surface area contributed by atoms with Crippen molar-refractivity contribution in [2.24, 2.45) is 0 Å². The molecule has 0 radical (unpaired) electrons. The zero-order valence-corrected chi connectivity index (χ0v) is 12.2. The topological polar surface area (TPSA) is 94.2 Å². The molecule has 0 saturated heterocycles. The molecule has 2 rings (SSSR count). The fourth-order valence-electron chi connectivity index (χ4n) is 1.67. The average molecular weight is 352 g/mol. The molecule has 1 N–H and O–H groups in total. The summed E-state index contributed by atoms with van der Waals surface area (Å²) in [5.74, 6) is -0.448. The first-order valence-corrected chi connectivity index (χ1v) is 6.65. The van der Waals surface area contributed by atoms with Crippen molar-refractivity contribution in [3.63, 3.8) is 0 Å². The molecule has 0 unspecified atom stereocenters. The highest BCUT2D eigenvalue weighted by Crippen LogP contribution is 2.15. The maximum Gasteiger partial charge on any atom is 0.285 e. The first kappa shape index (κ1) is 14.9. The fourth-order valence-corrected chi connectivity index (χ4v) is 2.07. The number of carbonyl (C=O) groups is 1. The number of aromatic nitrogens is 1. The number of amides is 1. The lowest BCUT2D eigenvalue weighted by atomic mass is 10.3. The molecule has 8 heteroatoms. The zero-order valence-electron chi connectivity index (χ0n) is 10.7. The van der Waals surface area contributed by atoms with Crippen LogP contribution in [0.2, 0.25) is 0 Å². The molecule has 0 spiro atoms. The van der Waals surface area contributed by atoms with Crippen molar-refractivity contribution >= 4 is 33.2 Å². The van der Waals surface area contributed by atoms with Gasteiger partial charge in [-0.25, -0.2) is 0 Å². The highest BCUT2D eigenvalue weighted by molar-refractivity contribution is 9.10. The van der Waals surface area contributed by atoms with Crippen LogP contribution in [0.15, 0.2) is 51.9 Å². The van der Waals surface area contributed by atoms with Gasteiger partial charge in [-0.2, -0.15) is 0 Å². The molecule has 1 aromatic heterocycles. The third kappa shape index (κ3) is 3.99. The van der Waals surface area contributed by atoms with Gasteiger partial charge < -0.3 is 5.32 Å². The van der Waals surface area contributed by atoms with Crippen LogP contribution in [0.3, 0.4) is 0 Å². The van der Waals surface area contributed by atoms with Gasteiger partial charge in [0.15, 0.2) is 0 Å². The predicted octanol–water partition coefficient (Wildman–Crippen LogP) is 2.16. The Morgan fingerprint density at radius 3 is 2.76 bits per heavy atom. The lowest BCUT2D eigenvalue weighted by molar-refractivity contribution is -0.385. The Labute approximate surface area is 127 Å². The van der Waals surface area contributed by atoms with Crippen LogP contribution in [-0.4, -0.2) is 15.4 Å². The van der Waals surface area contributed by atoms with Gasteiger partial charge in [-0.3, -0.25) is 24.3 Å². The maximum atomic E-state index is 11.9. The molecule has 1 aromatic carbocycles. The van der Waals surface area contributed by atoms with Crippen molar-refractivity contribution in [1.29, 1.82) is 0 Å². The van der Waals surface area contributed by atoms with E-state index in [4.69, 9.17) is 0 Å². The van der Waals surface area contributed by atoms with Crippen LogP contribution in [0.5, 0.6) is 0 Å².